The first kappa shape index (κ1) is 25.1. The molecule has 1 fully saturated rings. The van der Waals surface area contributed by atoms with E-state index in [0.717, 1.165) is 38.8 Å². The highest BCUT2D eigenvalue weighted by atomic mass is 19.1. The van der Waals surface area contributed by atoms with Gasteiger partial charge < -0.3 is 30.5 Å². The molecule has 1 heterocycles. The van der Waals surface area contributed by atoms with Gasteiger partial charge in [0.15, 0.2) is 0 Å². The van der Waals surface area contributed by atoms with Gasteiger partial charge in [0.25, 0.3) is 0 Å². The van der Waals surface area contributed by atoms with E-state index in [0.29, 0.717) is 17.8 Å². The quantitative estimate of drug-likeness (QED) is 0.308. The summed E-state index contributed by atoms with van der Waals surface area (Å²) in [5, 5.41) is 8.65. The Morgan fingerprint density at radius 3 is 2.58 bits per heavy atom. The van der Waals surface area contributed by atoms with Crippen molar-refractivity contribution in [2.75, 3.05) is 64.0 Å². The number of anilines is 2. The lowest BCUT2D eigenvalue weighted by atomic mass is 10.1. The average molecular weight is 436 g/mol. The molecule has 174 valence electrons. The number of nitrogens with zero attached hydrogens (tertiary/aromatic N) is 2. The molecule has 1 atom stereocenters. The van der Waals surface area contributed by atoms with Crippen LogP contribution in [0.4, 0.5) is 15.8 Å². The highest BCUT2D eigenvalue weighted by molar-refractivity contribution is 5.76. The van der Waals surface area contributed by atoms with E-state index >= 15 is 0 Å². The number of amides is 1. The van der Waals surface area contributed by atoms with Crippen molar-refractivity contribution in [3.05, 3.63) is 24.0 Å². The van der Waals surface area contributed by atoms with Crippen molar-refractivity contribution in [2.24, 2.45) is 0 Å². The number of rotatable bonds is 14. The molecule has 1 aliphatic heterocycles. The van der Waals surface area contributed by atoms with Gasteiger partial charge in [-0.25, -0.2) is 4.39 Å². The second kappa shape index (κ2) is 14.0. The van der Waals surface area contributed by atoms with E-state index in [-0.39, 0.29) is 18.1 Å². The molecule has 3 N–H and O–H groups in total. The van der Waals surface area contributed by atoms with Crippen LogP contribution >= 0.6 is 0 Å². The summed E-state index contributed by atoms with van der Waals surface area (Å²) in [5.74, 6) is -0.477. The molecule has 0 aliphatic carbocycles. The Labute approximate surface area is 185 Å². The number of halogens is 1. The molecule has 0 saturated carbocycles. The Hall–Kier alpha value is -2.19. The van der Waals surface area contributed by atoms with Crippen molar-refractivity contribution < 1.29 is 14.0 Å². The SMILES string of the molecule is CNC(=O)CCC(C=O)Nc1ccc(NCCCCCCN2CCN(C)CC2)c(F)c1. The van der Waals surface area contributed by atoms with Gasteiger partial charge in [0.2, 0.25) is 5.91 Å². The van der Waals surface area contributed by atoms with Gasteiger partial charge >= 0.3 is 0 Å². The lowest BCUT2D eigenvalue weighted by molar-refractivity contribution is -0.120. The van der Waals surface area contributed by atoms with Crippen molar-refractivity contribution >= 4 is 23.6 Å². The number of hydrogen-bond acceptors (Lipinski definition) is 6. The number of unbranched alkanes of at least 4 members (excludes halogenated alkanes) is 3. The summed E-state index contributed by atoms with van der Waals surface area (Å²) in [6, 6.07) is 4.29. The van der Waals surface area contributed by atoms with Crippen LogP contribution in [0.5, 0.6) is 0 Å². The zero-order chi connectivity index (χ0) is 22.5. The molecular formula is C23H38FN5O2. The zero-order valence-electron chi connectivity index (χ0n) is 19.0. The molecule has 2 rings (SSSR count). The summed E-state index contributed by atoms with van der Waals surface area (Å²) in [6.45, 7) is 6.58. The van der Waals surface area contributed by atoms with Gasteiger partial charge in [-0.15, -0.1) is 0 Å². The topological polar surface area (TPSA) is 76.7 Å². The maximum absolute atomic E-state index is 14.4. The molecule has 1 amide bonds. The Bertz CT molecular complexity index is 680. The third-order valence-electron chi connectivity index (χ3n) is 5.76. The van der Waals surface area contributed by atoms with Crippen molar-refractivity contribution in [3.63, 3.8) is 0 Å². The van der Waals surface area contributed by atoms with Gasteiger partial charge in [-0.3, -0.25) is 4.79 Å². The predicted octanol–water partition coefficient (Wildman–Crippen LogP) is 2.55. The highest BCUT2D eigenvalue weighted by Crippen LogP contribution is 2.20. The number of carbonyl (C=O) groups excluding carboxylic acids is 2. The molecule has 0 spiro atoms. The first-order chi connectivity index (χ1) is 15.0. The van der Waals surface area contributed by atoms with E-state index in [2.05, 4.69) is 32.8 Å². The average Bonchev–Trinajstić information content (AvgIpc) is 2.78. The molecule has 1 saturated heterocycles. The lowest BCUT2D eigenvalue weighted by Gasteiger charge is -2.32. The summed E-state index contributed by atoms with van der Waals surface area (Å²) in [5.41, 5.74) is 0.997. The van der Waals surface area contributed by atoms with E-state index in [1.54, 1.807) is 19.2 Å². The summed E-state index contributed by atoms with van der Waals surface area (Å²) < 4.78 is 14.4. The predicted molar refractivity (Wildman–Crippen MR) is 124 cm³/mol. The van der Waals surface area contributed by atoms with Crippen LogP contribution in [0.3, 0.4) is 0 Å². The largest absolute Gasteiger partial charge is 0.383 e. The normalized spacial score (nSPS) is 16.0. The van der Waals surface area contributed by atoms with Crippen molar-refractivity contribution in [2.45, 2.75) is 44.6 Å². The first-order valence-electron chi connectivity index (χ1n) is 11.4. The van der Waals surface area contributed by atoms with Gasteiger partial charge in [0.1, 0.15) is 12.1 Å². The number of carbonyl (C=O) groups is 2. The zero-order valence-corrected chi connectivity index (χ0v) is 19.0. The van der Waals surface area contributed by atoms with Crippen molar-refractivity contribution in [3.8, 4) is 0 Å². The first-order valence-corrected chi connectivity index (χ1v) is 11.4. The molecule has 31 heavy (non-hydrogen) atoms. The van der Waals surface area contributed by atoms with E-state index in [1.165, 1.54) is 38.5 Å². The fraction of sp³-hybridized carbons (Fsp3) is 0.652. The second-order valence-corrected chi connectivity index (χ2v) is 8.28. The monoisotopic (exact) mass is 435 g/mol. The third kappa shape index (κ3) is 9.65. The number of aldehydes is 1. The Balaban J connectivity index is 1.61. The summed E-state index contributed by atoms with van der Waals surface area (Å²) >= 11 is 0. The van der Waals surface area contributed by atoms with Gasteiger partial charge in [-0.2, -0.15) is 0 Å². The van der Waals surface area contributed by atoms with Crippen LogP contribution in [0.25, 0.3) is 0 Å². The molecule has 7 nitrogen and oxygen atoms in total. The van der Waals surface area contributed by atoms with Crippen LogP contribution in [0.15, 0.2) is 18.2 Å². The van der Waals surface area contributed by atoms with Gasteiger partial charge in [0.05, 0.1) is 11.7 Å². The standard InChI is InChI=1S/C23H38FN5O2/c1-25-23(31)10-8-20(18-30)27-19-7-9-22(21(24)17-19)26-11-5-3-4-6-12-29-15-13-28(2)14-16-29/h7,9,17-18,20,26-27H,3-6,8,10-16H2,1-2H3,(H,25,31). The van der Waals surface area contributed by atoms with Crippen LogP contribution in [0.2, 0.25) is 0 Å². The van der Waals surface area contributed by atoms with Crippen molar-refractivity contribution in [1.29, 1.82) is 0 Å². The van der Waals surface area contributed by atoms with Gasteiger partial charge in [-0.1, -0.05) is 12.8 Å². The minimum absolute atomic E-state index is 0.126. The highest BCUT2D eigenvalue weighted by Gasteiger charge is 2.13. The van der Waals surface area contributed by atoms with Crippen LogP contribution in [0.1, 0.15) is 38.5 Å². The van der Waals surface area contributed by atoms with Crippen molar-refractivity contribution in [1.82, 2.24) is 15.1 Å². The Morgan fingerprint density at radius 2 is 1.90 bits per heavy atom. The second-order valence-electron chi connectivity index (χ2n) is 8.28. The van der Waals surface area contributed by atoms with E-state index < -0.39 is 6.04 Å². The molecule has 0 bridgehead atoms. The van der Waals surface area contributed by atoms with Gasteiger partial charge in [0, 0.05) is 51.9 Å². The smallest absolute Gasteiger partial charge is 0.219 e. The summed E-state index contributed by atoms with van der Waals surface area (Å²) in [4.78, 5) is 27.4. The van der Waals surface area contributed by atoms with Gasteiger partial charge in [-0.05, 0) is 51.1 Å². The minimum atomic E-state index is -0.527. The lowest BCUT2D eigenvalue weighted by Crippen LogP contribution is -2.44. The number of hydrogen-bond donors (Lipinski definition) is 3. The van der Waals surface area contributed by atoms with Crippen LogP contribution in [-0.2, 0) is 9.59 Å². The molecule has 8 heteroatoms. The number of nitrogens with one attached hydrogen (secondary N) is 3. The van der Waals surface area contributed by atoms with E-state index in [4.69, 9.17) is 0 Å². The van der Waals surface area contributed by atoms with Crippen LogP contribution < -0.4 is 16.0 Å². The van der Waals surface area contributed by atoms with Crippen LogP contribution in [0, 0.1) is 5.82 Å². The van der Waals surface area contributed by atoms with E-state index in [9.17, 15) is 14.0 Å². The molecular weight excluding hydrogens is 397 g/mol. The maximum atomic E-state index is 14.4. The minimum Gasteiger partial charge on any atom is -0.383 e. The fourth-order valence-electron chi connectivity index (χ4n) is 3.66. The number of benzene rings is 1. The molecule has 1 unspecified atom stereocenters. The fourth-order valence-corrected chi connectivity index (χ4v) is 3.66. The molecule has 1 aromatic rings. The van der Waals surface area contributed by atoms with E-state index in [1.807, 2.05) is 0 Å². The summed E-state index contributed by atoms with van der Waals surface area (Å²) in [6.07, 6.45) is 5.91. The molecule has 1 aromatic carbocycles. The molecule has 1 aliphatic rings. The maximum Gasteiger partial charge on any atom is 0.219 e. The van der Waals surface area contributed by atoms with Crippen LogP contribution in [-0.4, -0.2) is 81.4 Å². The Kier molecular flexibility index (Phi) is 11.3. The third-order valence-corrected chi connectivity index (χ3v) is 5.76. The number of likely N-dealkylation sites (N-methyl/N-ethyl adjacent to an activating group) is 1. The Morgan fingerprint density at radius 1 is 1.16 bits per heavy atom. The number of piperazine rings is 1. The summed E-state index contributed by atoms with van der Waals surface area (Å²) in [7, 11) is 3.73. The molecule has 0 radical (unpaired) electrons. The molecule has 0 aromatic heterocycles.